The second kappa shape index (κ2) is 5.14. The van der Waals surface area contributed by atoms with Gasteiger partial charge in [-0.25, -0.2) is 9.37 Å². The number of nitrogens with one attached hydrogen (secondary N) is 1. The predicted molar refractivity (Wildman–Crippen MR) is 83.1 cm³/mol. The lowest BCUT2D eigenvalue weighted by atomic mass is 10.2. The van der Waals surface area contributed by atoms with Crippen LogP contribution in [0.5, 0.6) is 0 Å². The largest absolute Gasteiger partial charge is 0.397 e. The summed E-state index contributed by atoms with van der Waals surface area (Å²) in [6.45, 7) is 1.88. The number of rotatable bonds is 2. The van der Waals surface area contributed by atoms with Gasteiger partial charge in [0.2, 0.25) is 0 Å². The molecule has 0 aliphatic carbocycles. The summed E-state index contributed by atoms with van der Waals surface area (Å²) in [5.74, 6) is -0.672. The maximum atomic E-state index is 12.8. The van der Waals surface area contributed by atoms with E-state index in [1.807, 2.05) is 19.1 Å². The molecule has 0 atom stereocenters. The van der Waals surface area contributed by atoms with Crippen LogP contribution in [0.25, 0.3) is 10.2 Å². The fraction of sp³-hybridized carbons (Fsp3) is 0.0667. The number of nitrogens with two attached hydrogens (primary N) is 1. The minimum Gasteiger partial charge on any atom is -0.397 e. The third kappa shape index (κ3) is 2.57. The van der Waals surface area contributed by atoms with Crippen LogP contribution >= 0.6 is 11.3 Å². The molecule has 0 aliphatic rings. The van der Waals surface area contributed by atoms with Crippen molar-refractivity contribution in [1.82, 2.24) is 4.98 Å². The number of aryl methyl sites for hydroxylation is 1. The van der Waals surface area contributed by atoms with E-state index in [1.54, 1.807) is 0 Å². The van der Waals surface area contributed by atoms with Gasteiger partial charge in [-0.3, -0.25) is 4.79 Å². The number of nitrogen functional groups attached to an aromatic ring is 1. The highest BCUT2D eigenvalue weighted by Crippen LogP contribution is 2.33. The summed E-state index contributed by atoms with van der Waals surface area (Å²) in [5, 5.41) is 3.47. The molecule has 2 aromatic heterocycles. The highest BCUT2D eigenvalue weighted by atomic mass is 32.1. The first-order valence-electron chi connectivity index (χ1n) is 6.27. The van der Waals surface area contributed by atoms with Gasteiger partial charge in [-0.05, 0) is 43.3 Å². The van der Waals surface area contributed by atoms with E-state index in [0.717, 1.165) is 15.9 Å². The highest BCUT2D eigenvalue weighted by Gasteiger charge is 2.17. The first-order chi connectivity index (χ1) is 10.0. The van der Waals surface area contributed by atoms with Gasteiger partial charge in [-0.1, -0.05) is 0 Å². The molecule has 0 radical (unpaired) electrons. The lowest BCUT2D eigenvalue weighted by molar-refractivity contribution is 0.103. The van der Waals surface area contributed by atoms with Crippen LogP contribution in [0, 0.1) is 12.7 Å². The number of carbonyl (C=O) groups is 1. The molecule has 0 spiro atoms. The first kappa shape index (κ1) is 13.5. The number of nitrogens with zero attached hydrogens (tertiary/aromatic N) is 1. The third-order valence-electron chi connectivity index (χ3n) is 3.04. The molecule has 0 unspecified atom stereocenters. The zero-order chi connectivity index (χ0) is 15.0. The maximum absolute atomic E-state index is 12.8. The molecule has 0 aliphatic heterocycles. The highest BCUT2D eigenvalue weighted by molar-refractivity contribution is 7.21. The van der Waals surface area contributed by atoms with Crippen molar-refractivity contribution in [1.29, 1.82) is 0 Å². The normalized spacial score (nSPS) is 10.8. The second-order valence-corrected chi connectivity index (χ2v) is 5.61. The average molecular weight is 301 g/mol. The standard InChI is InChI=1S/C15H12FN3OS/c1-8-2-7-11-12(17)13(21-15(11)18-8)14(20)19-10-5-3-9(16)4-6-10/h2-7H,17H2,1H3,(H,19,20). The Kier molecular flexibility index (Phi) is 3.31. The Morgan fingerprint density at radius 2 is 1.95 bits per heavy atom. The maximum Gasteiger partial charge on any atom is 0.267 e. The van der Waals surface area contributed by atoms with Crippen molar-refractivity contribution in [2.24, 2.45) is 0 Å². The molecule has 3 N–H and O–H groups in total. The van der Waals surface area contributed by atoms with Crippen molar-refractivity contribution >= 4 is 38.8 Å². The van der Waals surface area contributed by atoms with Crippen LogP contribution in [-0.4, -0.2) is 10.9 Å². The van der Waals surface area contributed by atoms with Gasteiger partial charge in [-0.15, -0.1) is 11.3 Å². The zero-order valence-corrected chi connectivity index (χ0v) is 12.0. The molecule has 0 fully saturated rings. The molecule has 1 aromatic carbocycles. The zero-order valence-electron chi connectivity index (χ0n) is 11.2. The van der Waals surface area contributed by atoms with Gasteiger partial charge in [0.1, 0.15) is 15.5 Å². The number of pyridine rings is 1. The van der Waals surface area contributed by atoms with E-state index >= 15 is 0 Å². The first-order valence-corrected chi connectivity index (χ1v) is 7.09. The number of carbonyl (C=O) groups excluding carboxylic acids is 1. The van der Waals surface area contributed by atoms with Crippen LogP contribution in [0.1, 0.15) is 15.4 Å². The molecule has 6 heteroatoms. The minimum absolute atomic E-state index is 0.320. The molecule has 3 rings (SSSR count). The summed E-state index contributed by atoms with van der Waals surface area (Å²) in [6, 6.07) is 9.28. The second-order valence-electron chi connectivity index (χ2n) is 4.61. The number of hydrogen-bond acceptors (Lipinski definition) is 4. The van der Waals surface area contributed by atoms with Gasteiger partial charge in [0.05, 0.1) is 5.69 Å². The van der Waals surface area contributed by atoms with Crippen molar-refractivity contribution in [2.45, 2.75) is 6.92 Å². The summed E-state index contributed by atoms with van der Waals surface area (Å²) in [5.41, 5.74) is 7.82. The Labute approximate surface area is 124 Å². The lowest BCUT2D eigenvalue weighted by Gasteiger charge is -2.03. The van der Waals surface area contributed by atoms with Crippen molar-refractivity contribution in [3.63, 3.8) is 0 Å². The summed E-state index contributed by atoms with van der Waals surface area (Å²) in [7, 11) is 0. The number of aromatic nitrogens is 1. The van der Waals surface area contributed by atoms with Crippen LogP contribution in [0.4, 0.5) is 15.8 Å². The van der Waals surface area contributed by atoms with Crippen LogP contribution in [0.15, 0.2) is 36.4 Å². The molecule has 21 heavy (non-hydrogen) atoms. The van der Waals surface area contributed by atoms with Gasteiger partial charge < -0.3 is 11.1 Å². The summed E-state index contributed by atoms with van der Waals surface area (Å²) >= 11 is 1.25. The fourth-order valence-electron chi connectivity index (χ4n) is 1.98. The van der Waals surface area contributed by atoms with Crippen molar-refractivity contribution in [3.8, 4) is 0 Å². The Balaban J connectivity index is 1.94. The lowest BCUT2D eigenvalue weighted by Crippen LogP contribution is -2.11. The number of anilines is 2. The van der Waals surface area contributed by atoms with Crippen molar-refractivity contribution < 1.29 is 9.18 Å². The fourth-order valence-corrected chi connectivity index (χ4v) is 3.01. The minimum atomic E-state index is -0.353. The Bertz CT molecular complexity index is 827. The third-order valence-corrected chi connectivity index (χ3v) is 4.16. The molecule has 1 amide bonds. The van der Waals surface area contributed by atoms with E-state index < -0.39 is 0 Å². The SMILES string of the molecule is Cc1ccc2c(N)c(C(=O)Nc3ccc(F)cc3)sc2n1. The van der Waals surface area contributed by atoms with E-state index in [4.69, 9.17) is 5.73 Å². The Morgan fingerprint density at radius 1 is 1.24 bits per heavy atom. The molecule has 4 nitrogen and oxygen atoms in total. The van der Waals surface area contributed by atoms with Crippen LogP contribution < -0.4 is 11.1 Å². The summed E-state index contributed by atoms with van der Waals surface area (Å²) < 4.78 is 12.8. The molecular weight excluding hydrogens is 289 g/mol. The van der Waals surface area contributed by atoms with Gasteiger partial charge in [0.15, 0.2) is 0 Å². The molecule has 0 saturated heterocycles. The van der Waals surface area contributed by atoms with Gasteiger partial charge >= 0.3 is 0 Å². The number of benzene rings is 1. The molecule has 0 saturated carbocycles. The van der Waals surface area contributed by atoms with E-state index in [0.29, 0.717) is 16.3 Å². The number of thiophene rings is 1. The van der Waals surface area contributed by atoms with Crippen molar-refractivity contribution in [3.05, 3.63) is 52.8 Å². The summed E-state index contributed by atoms with van der Waals surface area (Å²) in [6.07, 6.45) is 0. The Hall–Kier alpha value is -2.47. The van der Waals surface area contributed by atoms with E-state index in [2.05, 4.69) is 10.3 Å². The van der Waals surface area contributed by atoms with E-state index in [1.165, 1.54) is 35.6 Å². The smallest absolute Gasteiger partial charge is 0.267 e. The average Bonchev–Trinajstić information content (AvgIpc) is 2.78. The van der Waals surface area contributed by atoms with E-state index in [9.17, 15) is 9.18 Å². The predicted octanol–water partition coefficient (Wildman–Crippen LogP) is 3.58. The topological polar surface area (TPSA) is 68.0 Å². The number of fused-ring (bicyclic) bond motifs is 1. The molecular formula is C15H12FN3OS. The molecule has 2 heterocycles. The molecule has 3 aromatic rings. The quantitative estimate of drug-likeness (QED) is 0.760. The van der Waals surface area contributed by atoms with Crippen LogP contribution in [0.3, 0.4) is 0 Å². The number of halogens is 1. The summed E-state index contributed by atoms with van der Waals surface area (Å²) in [4.78, 5) is 17.8. The monoisotopic (exact) mass is 301 g/mol. The van der Waals surface area contributed by atoms with Gasteiger partial charge in [0.25, 0.3) is 5.91 Å². The van der Waals surface area contributed by atoms with Crippen LogP contribution in [0.2, 0.25) is 0 Å². The van der Waals surface area contributed by atoms with Crippen LogP contribution in [-0.2, 0) is 0 Å². The van der Waals surface area contributed by atoms with E-state index in [-0.39, 0.29) is 11.7 Å². The molecule has 0 bridgehead atoms. The van der Waals surface area contributed by atoms with Gasteiger partial charge in [0, 0.05) is 16.8 Å². The Morgan fingerprint density at radius 3 is 2.67 bits per heavy atom. The van der Waals surface area contributed by atoms with Crippen molar-refractivity contribution in [2.75, 3.05) is 11.1 Å². The number of amides is 1. The number of hydrogen-bond donors (Lipinski definition) is 2. The van der Waals surface area contributed by atoms with Gasteiger partial charge in [-0.2, -0.15) is 0 Å². The molecule has 106 valence electrons.